The Morgan fingerprint density at radius 1 is 0.967 bits per heavy atom. The minimum atomic E-state index is -0.745. The molecule has 30 heavy (non-hydrogen) atoms. The van der Waals surface area contributed by atoms with E-state index >= 15 is 0 Å². The smallest absolute Gasteiger partial charge is 0.325 e. The Balaban J connectivity index is 1.18. The molecule has 0 bridgehead atoms. The van der Waals surface area contributed by atoms with Crippen molar-refractivity contribution in [2.45, 2.75) is 56.7 Å². The van der Waals surface area contributed by atoms with Crippen LogP contribution in [0.1, 0.15) is 44.1 Å². The predicted octanol–water partition coefficient (Wildman–Crippen LogP) is 1.97. The maximum absolute atomic E-state index is 13.3. The Kier molecular flexibility index (Phi) is 5.01. The Labute approximate surface area is 177 Å². The highest BCUT2D eigenvalue weighted by atomic mass is 16.2. The van der Waals surface area contributed by atoms with Gasteiger partial charge < -0.3 is 10.2 Å². The number of hydrogen-bond donors (Lipinski definition) is 1. The molecule has 0 radical (unpaired) electrons. The van der Waals surface area contributed by atoms with Crippen molar-refractivity contribution in [2.75, 3.05) is 26.2 Å². The first-order valence-electron chi connectivity index (χ1n) is 11.3. The molecule has 160 valence electrons. The number of rotatable bonds is 4. The van der Waals surface area contributed by atoms with E-state index in [0.29, 0.717) is 38.8 Å². The van der Waals surface area contributed by atoms with E-state index in [0.717, 1.165) is 32.5 Å². The van der Waals surface area contributed by atoms with Gasteiger partial charge in [-0.3, -0.25) is 19.4 Å². The monoisotopic (exact) mass is 410 g/mol. The highest BCUT2D eigenvalue weighted by Gasteiger charge is 2.54. The van der Waals surface area contributed by atoms with Crippen LogP contribution >= 0.6 is 0 Å². The molecule has 1 spiro atoms. The lowest BCUT2D eigenvalue weighted by molar-refractivity contribution is -0.137. The molecule has 7 heteroatoms. The number of hydrogen-bond acceptors (Lipinski definition) is 4. The van der Waals surface area contributed by atoms with Gasteiger partial charge in [0, 0.05) is 44.7 Å². The molecule has 3 heterocycles. The predicted molar refractivity (Wildman–Crippen MR) is 111 cm³/mol. The summed E-state index contributed by atoms with van der Waals surface area (Å²) in [4.78, 5) is 44.1. The van der Waals surface area contributed by atoms with Crippen molar-refractivity contribution in [3.05, 3.63) is 35.9 Å². The second kappa shape index (κ2) is 7.69. The second-order valence-electron chi connectivity index (χ2n) is 9.28. The maximum Gasteiger partial charge on any atom is 0.325 e. The molecular weight excluding hydrogens is 380 g/mol. The van der Waals surface area contributed by atoms with E-state index in [1.165, 1.54) is 10.5 Å². The van der Waals surface area contributed by atoms with Gasteiger partial charge in [0.05, 0.1) is 0 Å². The van der Waals surface area contributed by atoms with E-state index < -0.39 is 5.54 Å². The molecular formula is C23H30N4O3. The summed E-state index contributed by atoms with van der Waals surface area (Å²) < 4.78 is 0. The lowest BCUT2D eigenvalue weighted by atomic mass is 9.86. The van der Waals surface area contributed by atoms with Gasteiger partial charge in [0.1, 0.15) is 5.54 Å². The van der Waals surface area contributed by atoms with Gasteiger partial charge in [0.2, 0.25) is 5.91 Å². The van der Waals surface area contributed by atoms with Gasteiger partial charge in [0.15, 0.2) is 0 Å². The summed E-state index contributed by atoms with van der Waals surface area (Å²) in [6, 6.07) is 10.0. The first-order chi connectivity index (χ1) is 14.6. The quantitative estimate of drug-likeness (QED) is 0.771. The van der Waals surface area contributed by atoms with Crippen LogP contribution in [0.15, 0.2) is 30.3 Å². The summed E-state index contributed by atoms with van der Waals surface area (Å²) >= 11 is 0. The fraction of sp³-hybridized carbons (Fsp3) is 0.609. The number of benzene rings is 1. The normalized spacial score (nSPS) is 25.1. The van der Waals surface area contributed by atoms with Crippen molar-refractivity contribution in [1.82, 2.24) is 20.0 Å². The van der Waals surface area contributed by atoms with Crippen molar-refractivity contribution >= 4 is 17.8 Å². The van der Waals surface area contributed by atoms with Crippen LogP contribution < -0.4 is 5.32 Å². The highest BCUT2D eigenvalue weighted by molar-refractivity contribution is 6.07. The molecule has 7 nitrogen and oxygen atoms in total. The first-order valence-corrected chi connectivity index (χ1v) is 11.3. The van der Waals surface area contributed by atoms with E-state index in [2.05, 4.69) is 22.3 Å². The van der Waals surface area contributed by atoms with Crippen molar-refractivity contribution in [3.8, 4) is 0 Å². The SMILES string of the molecule is O=C(C1CC1)N1CCC(N2C(=O)NC3(CCN(Cc4ccccc4)CC3)C2=O)CC1. The summed E-state index contributed by atoms with van der Waals surface area (Å²) in [5.74, 6) is 0.425. The van der Waals surface area contributed by atoms with Crippen LogP contribution in [0.2, 0.25) is 0 Å². The molecule has 4 fully saturated rings. The number of imide groups is 1. The Morgan fingerprint density at radius 3 is 2.27 bits per heavy atom. The highest BCUT2D eigenvalue weighted by Crippen LogP contribution is 2.35. The molecule has 0 unspecified atom stereocenters. The number of likely N-dealkylation sites (tertiary alicyclic amines) is 2. The summed E-state index contributed by atoms with van der Waals surface area (Å²) in [5.41, 5.74) is 0.523. The topological polar surface area (TPSA) is 73.0 Å². The number of nitrogens with zero attached hydrogens (tertiary/aromatic N) is 3. The summed E-state index contributed by atoms with van der Waals surface area (Å²) in [7, 11) is 0. The van der Waals surface area contributed by atoms with Crippen molar-refractivity contribution in [3.63, 3.8) is 0 Å². The third kappa shape index (κ3) is 3.60. The molecule has 3 aliphatic heterocycles. The van der Waals surface area contributed by atoms with Crippen LogP contribution in [0, 0.1) is 5.92 Å². The molecule has 1 aromatic carbocycles. The maximum atomic E-state index is 13.3. The molecule has 0 atom stereocenters. The van der Waals surface area contributed by atoms with Crippen molar-refractivity contribution in [2.24, 2.45) is 5.92 Å². The van der Waals surface area contributed by atoms with Gasteiger partial charge in [-0.15, -0.1) is 0 Å². The van der Waals surface area contributed by atoms with Crippen LogP contribution in [0.25, 0.3) is 0 Å². The van der Waals surface area contributed by atoms with Crippen LogP contribution in [0.5, 0.6) is 0 Å². The van der Waals surface area contributed by atoms with Crippen molar-refractivity contribution < 1.29 is 14.4 Å². The fourth-order valence-electron chi connectivity index (χ4n) is 5.18. The van der Waals surface area contributed by atoms with Crippen LogP contribution in [-0.2, 0) is 16.1 Å². The number of nitrogens with one attached hydrogen (secondary N) is 1. The molecule has 0 aromatic heterocycles. The zero-order valence-corrected chi connectivity index (χ0v) is 17.4. The molecule has 1 aliphatic carbocycles. The molecule has 1 aromatic rings. The second-order valence-corrected chi connectivity index (χ2v) is 9.28. The van der Waals surface area contributed by atoms with Gasteiger partial charge in [-0.1, -0.05) is 30.3 Å². The Bertz CT molecular complexity index is 822. The zero-order chi connectivity index (χ0) is 20.7. The zero-order valence-electron chi connectivity index (χ0n) is 17.4. The molecule has 3 saturated heterocycles. The van der Waals surface area contributed by atoms with Gasteiger partial charge in [-0.2, -0.15) is 0 Å². The minimum absolute atomic E-state index is 0.0566. The summed E-state index contributed by atoms with van der Waals surface area (Å²) in [5, 5.41) is 3.04. The third-order valence-corrected chi connectivity index (χ3v) is 7.22. The first kappa shape index (κ1) is 19.5. The number of urea groups is 1. The van der Waals surface area contributed by atoms with E-state index in [-0.39, 0.29) is 29.8 Å². The number of carbonyl (C=O) groups is 3. The third-order valence-electron chi connectivity index (χ3n) is 7.22. The number of amides is 4. The van der Waals surface area contributed by atoms with E-state index in [1.54, 1.807) is 0 Å². The van der Waals surface area contributed by atoms with Crippen LogP contribution in [0.4, 0.5) is 4.79 Å². The molecule has 1 N–H and O–H groups in total. The van der Waals surface area contributed by atoms with Gasteiger partial charge in [-0.05, 0) is 44.1 Å². The fourth-order valence-corrected chi connectivity index (χ4v) is 5.18. The Morgan fingerprint density at radius 2 is 1.63 bits per heavy atom. The van der Waals surface area contributed by atoms with Crippen LogP contribution in [0.3, 0.4) is 0 Å². The Hall–Kier alpha value is -2.41. The van der Waals surface area contributed by atoms with Gasteiger partial charge in [0.25, 0.3) is 5.91 Å². The largest absolute Gasteiger partial charge is 0.342 e. The van der Waals surface area contributed by atoms with E-state index in [4.69, 9.17) is 0 Å². The summed E-state index contributed by atoms with van der Waals surface area (Å²) in [6.07, 6.45) is 4.70. The minimum Gasteiger partial charge on any atom is -0.342 e. The van der Waals surface area contributed by atoms with Crippen molar-refractivity contribution in [1.29, 1.82) is 0 Å². The molecule has 1 saturated carbocycles. The van der Waals surface area contributed by atoms with Crippen LogP contribution in [-0.4, -0.2) is 70.3 Å². The molecule has 5 rings (SSSR count). The van der Waals surface area contributed by atoms with Gasteiger partial charge in [-0.25, -0.2) is 4.79 Å². The average Bonchev–Trinajstić information content (AvgIpc) is 3.58. The van der Waals surface area contributed by atoms with E-state index in [1.807, 2.05) is 23.1 Å². The summed E-state index contributed by atoms with van der Waals surface area (Å²) in [6.45, 7) is 3.76. The lowest BCUT2D eigenvalue weighted by Crippen LogP contribution is -2.55. The number of piperidine rings is 2. The van der Waals surface area contributed by atoms with Gasteiger partial charge >= 0.3 is 6.03 Å². The number of carbonyl (C=O) groups excluding carboxylic acids is 3. The molecule has 4 aliphatic rings. The lowest BCUT2D eigenvalue weighted by Gasteiger charge is -2.38. The molecule has 4 amide bonds. The average molecular weight is 411 g/mol. The van der Waals surface area contributed by atoms with E-state index in [9.17, 15) is 14.4 Å². The standard InChI is InChI=1S/C23H30N4O3/c28-20(18-6-7-18)26-12-8-19(9-13-26)27-21(29)23(24-22(27)30)10-14-25(15-11-23)16-17-4-2-1-3-5-17/h1-5,18-19H,6-16H2,(H,24,30).